The summed E-state index contributed by atoms with van der Waals surface area (Å²) in [6, 6.07) is 37.7. The predicted molar refractivity (Wildman–Crippen MR) is 184 cm³/mol. The van der Waals surface area contributed by atoms with Crippen molar-refractivity contribution in [2.75, 3.05) is 9.80 Å². The molecule has 7 aromatic carbocycles. The predicted octanol–water partition coefficient (Wildman–Crippen LogP) is 9.63. The molecule has 0 saturated heterocycles. The number of rotatable bonds is 0. The Bertz CT molecular complexity index is 2480. The van der Waals surface area contributed by atoms with Crippen LogP contribution in [0.3, 0.4) is 0 Å². The van der Waals surface area contributed by atoms with E-state index in [1.807, 2.05) is 24.3 Å². The van der Waals surface area contributed by atoms with Crippen LogP contribution in [0, 0.1) is 0 Å². The van der Waals surface area contributed by atoms with E-state index in [0.29, 0.717) is 0 Å². The summed E-state index contributed by atoms with van der Waals surface area (Å²) in [5, 5.41) is 7.89. The van der Waals surface area contributed by atoms with Crippen LogP contribution < -0.4 is 39.9 Å². The summed E-state index contributed by atoms with van der Waals surface area (Å²) in [4.78, 5) is 4.74. The van der Waals surface area contributed by atoms with Crippen molar-refractivity contribution in [1.82, 2.24) is 0 Å². The standard InChI is InChI=1S/C38H19N2O3PS/c45-44-36-24-10-5-11-25(36)40-27-17-21-7-2-4-9-23(21)19-33(27)42-29-13-15-31(38(44)35(29)40)43-30-14-12-28-34(37(30)44)39(24)26-16-20-6-1-3-8-22(20)18-32(26)41-28/h1-19H. The third kappa shape index (κ3) is 2.56. The molecule has 0 fully saturated rings. The first kappa shape index (κ1) is 23.1. The van der Waals surface area contributed by atoms with Crippen molar-refractivity contribution < 1.29 is 14.2 Å². The van der Waals surface area contributed by atoms with Gasteiger partial charge >= 0.3 is 0 Å². The Balaban J connectivity index is 1.24. The molecule has 0 N–H and O–H groups in total. The van der Waals surface area contributed by atoms with Crippen molar-refractivity contribution >= 4 is 89.4 Å². The molecule has 0 atom stereocenters. The average molecular weight is 615 g/mol. The van der Waals surface area contributed by atoms with Crippen LogP contribution in [0.15, 0.2) is 115 Å². The zero-order valence-corrected chi connectivity index (χ0v) is 25.2. The fourth-order valence-corrected chi connectivity index (χ4v) is 13.2. The summed E-state index contributed by atoms with van der Waals surface area (Å²) < 4.78 is 20.2. The molecule has 7 heteroatoms. The molecule has 45 heavy (non-hydrogen) atoms. The minimum absolute atomic E-state index is 0.796. The molecule has 12 rings (SSSR count). The summed E-state index contributed by atoms with van der Waals surface area (Å²) in [5.74, 6) is 4.85. The fourth-order valence-electron chi connectivity index (χ4n) is 8.02. The van der Waals surface area contributed by atoms with Crippen molar-refractivity contribution in [1.29, 1.82) is 0 Å². The number of nitrogens with zero attached hydrogens (tertiary/aromatic N) is 2. The van der Waals surface area contributed by atoms with Crippen LogP contribution in [0.1, 0.15) is 0 Å². The second-order valence-electron chi connectivity index (χ2n) is 12.1. The lowest BCUT2D eigenvalue weighted by Crippen LogP contribution is -2.46. The topological polar surface area (TPSA) is 34.2 Å². The summed E-state index contributed by atoms with van der Waals surface area (Å²) in [6.07, 6.45) is 0. The van der Waals surface area contributed by atoms with Gasteiger partial charge in [-0.2, -0.15) is 0 Å². The van der Waals surface area contributed by atoms with E-state index in [4.69, 9.17) is 26.0 Å². The van der Waals surface area contributed by atoms with Gasteiger partial charge < -0.3 is 24.0 Å². The van der Waals surface area contributed by atoms with Crippen LogP contribution in [0.5, 0.6) is 34.5 Å². The van der Waals surface area contributed by atoms with Crippen molar-refractivity contribution in [3.8, 4) is 34.5 Å². The molecule has 0 aromatic heterocycles. The highest BCUT2D eigenvalue weighted by Crippen LogP contribution is 2.71. The monoisotopic (exact) mass is 614 g/mol. The lowest BCUT2D eigenvalue weighted by molar-refractivity contribution is 0.464. The fraction of sp³-hybridized carbons (Fsp3) is 0. The van der Waals surface area contributed by atoms with E-state index < -0.39 is 6.04 Å². The maximum Gasteiger partial charge on any atom is 0.152 e. The maximum atomic E-state index is 7.07. The summed E-state index contributed by atoms with van der Waals surface area (Å²) in [7, 11) is 0. The molecule has 5 nitrogen and oxygen atoms in total. The Morgan fingerprint density at radius 2 is 0.822 bits per heavy atom. The molecule has 5 aliphatic rings. The van der Waals surface area contributed by atoms with Gasteiger partial charge in [0.15, 0.2) is 23.0 Å². The zero-order valence-electron chi connectivity index (χ0n) is 23.4. The Kier molecular flexibility index (Phi) is 3.85. The molecular weight excluding hydrogens is 595 g/mol. The summed E-state index contributed by atoms with van der Waals surface area (Å²) in [6.45, 7) is 0. The molecule has 0 unspecified atom stereocenters. The van der Waals surface area contributed by atoms with E-state index in [-0.39, 0.29) is 0 Å². The van der Waals surface area contributed by atoms with E-state index >= 15 is 0 Å². The first-order valence-corrected chi connectivity index (χ1v) is 17.8. The van der Waals surface area contributed by atoms with Gasteiger partial charge in [-0.15, -0.1) is 0 Å². The number of fused-ring (bicyclic) bond motifs is 8. The molecule has 7 aromatic rings. The van der Waals surface area contributed by atoms with Crippen molar-refractivity contribution in [3.63, 3.8) is 0 Å². The van der Waals surface area contributed by atoms with Crippen molar-refractivity contribution in [2.24, 2.45) is 0 Å². The lowest BCUT2D eigenvalue weighted by atomic mass is 10.0. The Morgan fingerprint density at radius 3 is 1.31 bits per heavy atom. The highest BCUT2D eigenvalue weighted by molar-refractivity contribution is 8.26. The van der Waals surface area contributed by atoms with Gasteiger partial charge in [0.25, 0.3) is 0 Å². The van der Waals surface area contributed by atoms with Crippen LogP contribution in [-0.4, -0.2) is 0 Å². The molecule has 0 amide bonds. The van der Waals surface area contributed by atoms with Gasteiger partial charge in [0.05, 0.1) is 39.4 Å². The molecule has 0 aliphatic carbocycles. The highest BCUT2D eigenvalue weighted by atomic mass is 32.4. The molecule has 0 radical (unpaired) electrons. The molecule has 0 bridgehead atoms. The van der Waals surface area contributed by atoms with Crippen molar-refractivity contribution in [2.45, 2.75) is 0 Å². The average Bonchev–Trinajstić information content (AvgIpc) is 3.07. The smallest absolute Gasteiger partial charge is 0.152 e. The normalized spacial score (nSPS) is 15.8. The molecule has 0 saturated carbocycles. The van der Waals surface area contributed by atoms with Crippen LogP contribution in [0.2, 0.25) is 0 Å². The third-order valence-corrected chi connectivity index (χ3v) is 14.7. The van der Waals surface area contributed by atoms with Gasteiger partial charge in [0, 0.05) is 5.30 Å². The SMILES string of the molecule is S=P12c3c4cccc3N3c5cc6ccccc6cc5Oc5ccc(c1c53)Oc1ccc3c(c12)N4c1cc2ccccc2cc1O3. The van der Waals surface area contributed by atoms with Crippen LogP contribution in [0.25, 0.3) is 21.5 Å². The highest BCUT2D eigenvalue weighted by Gasteiger charge is 2.54. The van der Waals surface area contributed by atoms with E-state index in [9.17, 15) is 0 Å². The van der Waals surface area contributed by atoms with Gasteiger partial charge in [-0.1, -0.05) is 66.4 Å². The van der Waals surface area contributed by atoms with Gasteiger partial charge in [-0.05, 0) is 82.2 Å². The number of ether oxygens (including phenoxy) is 3. The quantitative estimate of drug-likeness (QED) is 0.158. The van der Waals surface area contributed by atoms with Crippen LogP contribution in [0.4, 0.5) is 34.1 Å². The van der Waals surface area contributed by atoms with Gasteiger partial charge in [-0.25, -0.2) is 0 Å². The second kappa shape index (κ2) is 7.49. The number of hydrogen-bond acceptors (Lipinski definition) is 6. The Morgan fingerprint density at radius 1 is 0.400 bits per heavy atom. The van der Waals surface area contributed by atoms with E-state index in [0.717, 1.165) is 101 Å². The Hall–Kier alpha value is -5.29. The minimum Gasteiger partial charge on any atom is -0.456 e. The van der Waals surface area contributed by atoms with Crippen LogP contribution in [-0.2, 0) is 11.8 Å². The second-order valence-corrected chi connectivity index (χ2v) is 16.3. The molecule has 5 aliphatic heterocycles. The van der Waals surface area contributed by atoms with Gasteiger partial charge in [0.2, 0.25) is 0 Å². The minimum atomic E-state index is -2.63. The number of benzene rings is 7. The first-order valence-electron chi connectivity index (χ1n) is 14.9. The molecular formula is C38H19N2O3PS. The van der Waals surface area contributed by atoms with Crippen LogP contribution >= 0.6 is 6.04 Å². The van der Waals surface area contributed by atoms with Gasteiger partial charge in [0.1, 0.15) is 22.9 Å². The number of hydrogen-bond donors (Lipinski definition) is 0. The number of anilines is 6. The molecule has 210 valence electrons. The summed E-state index contributed by atoms with van der Waals surface area (Å²) >= 11 is 7.07. The van der Waals surface area contributed by atoms with E-state index in [1.54, 1.807) is 0 Å². The summed E-state index contributed by atoms with van der Waals surface area (Å²) in [5.41, 5.74) is 6.18. The largest absolute Gasteiger partial charge is 0.456 e. The first-order chi connectivity index (χ1) is 22.2. The maximum absolute atomic E-state index is 7.07. The molecule has 5 heterocycles. The van der Waals surface area contributed by atoms with Crippen molar-refractivity contribution in [3.05, 3.63) is 115 Å². The Labute approximate surface area is 262 Å². The third-order valence-electron chi connectivity index (χ3n) is 9.82. The zero-order chi connectivity index (χ0) is 29.2. The molecule has 0 spiro atoms. The van der Waals surface area contributed by atoms with E-state index in [2.05, 4.69) is 101 Å². The van der Waals surface area contributed by atoms with E-state index in [1.165, 1.54) is 5.30 Å². The lowest BCUT2D eigenvalue weighted by Gasteiger charge is -2.51. The van der Waals surface area contributed by atoms with Gasteiger partial charge in [-0.3, -0.25) is 0 Å².